The maximum atomic E-state index is 5.61. The van der Waals surface area contributed by atoms with Crippen LogP contribution in [0.3, 0.4) is 0 Å². The highest BCUT2D eigenvalue weighted by Gasteiger charge is 2.10. The quantitative estimate of drug-likeness (QED) is 0.833. The molecule has 2 rings (SSSR count). The number of hydrogen-bond donors (Lipinski definition) is 0. The van der Waals surface area contributed by atoms with Gasteiger partial charge >= 0.3 is 5.35 Å². The molecule has 0 aliphatic heterocycles. The Bertz CT molecular complexity index is 504. The highest BCUT2D eigenvalue weighted by molar-refractivity contribution is 6.27. The van der Waals surface area contributed by atoms with E-state index in [9.17, 15) is 0 Å². The van der Waals surface area contributed by atoms with E-state index in [-0.39, 0.29) is 5.35 Å². The molecule has 0 fully saturated rings. The Kier molecular flexibility index (Phi) is 4.04. The van der Waals surface area contributed by atoms with Gasteiger partial charge in [-0.15, -0.1) is 0 Å². The molecular weight excluding hydrogens is 256 g/mol. The lowest BCUT2D eigenvalue weighted by Crippen LogP contribution is -1.96. The predicted octanol–water partition coefficient (Wildman–Crippen LogP) is 3.19. The van der Waals surface area contributed by atoms with Crippen molar-refractivity contribution in [2.45, 2.75) is 13.8 Å². The van der Waals surface area contributed by atoms with Crippen molar-refractivity contribution in [2.75, 3.05) is 13.2 Å². The van der Waals surface area contributed by atoms with E-state index in [1.807, 2.05) is 32.0 Å². The van der Waals surface area contributed by atoms with E-state index in [1.54, 1.807) is 0 Å². The van der Waals surface area contributed by atoms with Crippen molar-refractivity contribution in [2.24, 2.45) is 0 Å². The van der Waals surface area contributed by atoms with Gasteiger partial charge in [-0.2, -0.15) is 4.98 Å². The average Bonchev–Trinajstić information content (AvgIpc) is 2.76. The van der Waals surface area contributed by atoms with Crippen LogP contribution in [0.15, 0.2) is 22.7 Å². The Labute approximate surface area is 110 Å². The van der Waals surface area contributed by atoms with E-state index >= 15 is 0 Å². The van der Waals surface area contributed by atoms with Crippen molar-refractivity contribution in [1.82, 2.24) is 10.1 Å². The van der Waals surface area contributed by atoms with Gasteiger partial charge in [0.05, 0.1) is 13.2 Å². The lowest BCUT2D eigenvalue weighted by atomic mass is 10.2. The van der Waals surface area contributed by atoms with E-state index < -0.39 is 0 Å². The lowest BCUT2D eigenvalue weighted by Gasteiger charge is -2.08. The summed E-state index contributed by atoms with van der Waals surface area (Å²) in [4.78, 5) is 3.96. The van der Waals surface area contributed by atoms with Crippen LogP contribution >= 0.6 is 11.6 Å². The van der Waals surface area contributed by atoms with E-state index in [1.165, 1.54) is 0 Å². The largest absolute Gasteiger partial charge is 0.494 e. The van der Waals surface area contributed by atoms with Crippen LogP contribution in [0.4, 0.5) is 0 Å². The van der Waals surface area contributed by atoms with Crippen LogP contribution in [0.2, 0.25) is 5.35 Å². The Morgan fingerprint density at radius 2 is 1.72 bits per heavy atom. The summed E-state index contributed by atoms with van der Waals surface area (Å²) < 4.78 is 15.7. The maximum Gasteiger partial charge on any atom is 0.320 e. The first-order chi connectivity index (χ1) is 8.72. The van der Waals surface area contributed by atoms with Gasteiger partial charge in [0.25, 0.3) is 0 Å². The van der Waals surface area contributed by atoms with Gasteiger partial charge in [-0.25, -0.2) is 0 Å². The number of halogens is 1. The minimum absolute atomic E-state index is 0.00442. The number of rotatable bonds is 5. The zero-order valence-corrected chi connectivity index (χ0v) is 10.9. The van der Waals surface area contributed by atoms with Crippen LogP contribution in [0.5, 0.6) is 11.5 Å². The molecule has 6 heteroatoms. The van der Waals surface area contributed by atoms with Crippen molar-refractivity contribution in [3.05, 3.63) is 23.5 Å². The van der Waals surface area contributed by atoms with Crippen LogP contribution in [0.25, 0.3) is 11.4 Å². The molecule has 0 saturated heterocycles. The zero-order chi connectivity index (χ0) is 13.0. The topological polar surface area (TPSA) is 57.4 Å². The molecule has 0 unspecified atom stereocenters. The fraction of sp³-hybridized carbons (Fsp3) is 0.333. The maximum absolute atomic E-state index is 5.61. The summed E-state index contributed by atoms with van der Waals surface area (Å²) in [6.07, 6.45) is 0. The standard InChI is InChI=1S/C12H13ClN2O3/c1-3-16-9-5-8(6-10(7-9)17-4-2)11-14-12(13)18-15-11/h5-7H,3-4H2,1-2H3. The van der Waals surface area contributed by atoms with Crippen molar-refractivity contribution >= 4 is 11.6 Å². The number of hydrogen-bond acceptors (Lipinski definition) is 5. The molecule has 5 nitrogen and oxygen atoms in total. The molecule has 1 aromatic heterocycles. The number of nitrogens with zero attached hydrogens (tertiary/aromatic N) is 2. The Hall–Kier alpha value is -1.75. The van der Waals surface area contributed by atoms with E-state index in [0.717, 1.165) is 5.56 Å². The molecule has 2 aromatic rings. The summed E-state index contributed by atoms with van der Waals surface area (Å²) in [5.74, 6) is 1.79. The lowest BCUT2D eigenvalue weighted by molar-refractivity contribution is 0.323. The SMILES string of the molecule is CCOc1cc(OCC)cc(-c2noc(Cl)n2)c1. The van der Waals surface area contributed by atoms with Crippen LogP contribution in [-0.4, -0.2) is 23.4 Å². The summed E-state index contributed by atoms with van der Waals surface area (Å²) in [5, 5.41) is 3.76. The molecular formula is C12H13ClN2O3. The van der Waals surface area contributed by atoms with Gasteiger partial charge in [-0.05, 0) is 37.6 Å². The Balaban J connectivity index is 2.39. The highest BCUT2D eigenvalue weighted by Crippen LogP contribution is 2.29. The van der Waals surface area contributed by atoms with Gasteiger partial charge in [0.2, 0.25) is 5.82 Å². The molecule has 96 valence electrons. The molecule has 0 spiro atoms. The Morgan fingerprint density at radius 1 is 1.11 bits per heavy atom. The third-order valence-corrected chi connectivity index (χ3v) is 2.32. The molecule has 18 heavy (non-hydrogen) atoms. The van der Waals surface area contributed by atoms with Crippen LogP contribution in [0.1, 0.15) is 13.8 Å². The van der Waals surface area contributed by atoms with E-state index in [4.69, 9.17) is 25.6 Å². The second-order valence-corrected chi connectivity index (χ2v) is 3.75. The normalized spacial score (nSPS) is 10.4. The number of aromatic nitrogens is 2. The fourth-order valence-corrected chi connectivity index (χ4v) is 1.64. The average molecular weight is 269 g/mol. The number of benzene rings is 1. The second kappa shape index (κ2) is 5.73. The summed E-state index contributed by atoms with van der Waals surface area (Å²) in [5.41, 5.74) is 0.736. The molecule has 0 saturated carbocycles. The van der Waals surface area contributed by atoms with Gasteiger partial charge in [0, 0.05) is 11.6 Å². The van der Waals surface area contributed by atoms with Crippen molar-refractivity contribution in [1.29, 1.82) is 0 Å². The molecule has 0 amide bonds. The van der Waals surface area contributed by atoms with Gasteiger partial charge < -0.3 is 14.0 Å². The highest BCUT2D eigenvalue weighted by atomic mass is 35.5. The minimum Gasteiger partial charge on any atom is -0.494 e. The smallest absolute Gasteiger partial charge is 0.320 e. The van der Waals surface area contributed by atoms with Crippen molar-refractivity contribution < 1.29 is 14.0 Å². The van der Waals surface area contributed by atoms with E-state index in [2.05, 4.69) is 10.1 Å². The first-order valence-electron chi connectivity index (χ1n) is 5.63. The third-order valence-electron chi connectivity index (χ3n) is 2.16. The van der Waals surface area contributed by atoms with Crippen LogP contribution in [0, 0.1) is 0 Å². The van der Waals surface area contributed by atoms with Gasteiger partial charge in [0.1, 0.15) is 11.5 Å². The van der Waals surface area contributed by atoms with E-state index in [0.29, 0.717) is 30.5 Å². The summed E-state index contributed by atoms with van der Waals surface area (Å²) in [6, 6.07) is 5.44. The first kappa shape index (κ1) is 12.7. The fourth-order valence-electron chi connectivity index (χ4n) is 1.52. The summed E-state index contributed by atoms with van der Waals surface area (Å²) in [7, 11) is 0. The van der Waals surface area contributed by atoms with Gasteiger partial charge in [-0.3, -0.25) is 0 Å². The number of ether oxygens (including phenoxy) is 2. The molecule has 1 aromatic carbocycles. The third kappa shape index (κ3) is 2.92. The molecule has 0 N–H and O–H groups in total. The van der Waals surface area contributed by atoms with Crippen LogP contribution in [-0.2, 0) is 0 Å². The predicted molar refractivity (Wildman–Crippen MR) is 67.1 cm³/mol. The van der Waals surface area contributed by atoms with Gasteiger partial charge in [0.15, 0.2) is 0 Å². The minimum atomic E-state index is 0.00442. The van der Waals surface area contributed by atoms with Crippen molar-refractivity contribution in [3.8, 4) is 22.9 Å². The molecule has 0 aliphatic rings. The molecule has 0 aliphatic carbocycles. The zero-order valence-electron chi connectivity index (χ0n) is 10.1. The van der Waals surface area contributed by atoms with Crippen LogP contribution < -0.4 is 9.47 Å². The molecule has 0 atom stereocenters. The molecule has 0 radical (unpaired) electrons. The second-order valence-electron chi connectivity index (χ2n) is 3.43. The summed E-state index contributed by atoms with van der Waals surface area (Å²) in [6.45, 7) is 4.97. The summed E-state index contributed by atoms with van der Waals surface area (Å²) >= 11 is 5.61. The molecule has 1 heterocycles. The Morgan fingerprint density at radius 3 is 2.17 bits per heavy atom. The van der Waals surface area contributed by atoms with Crippen molar-refractivity contribution in [3.63, 3.8) is 0 Å². The monoisotopic (exact) mass is 268 g/mol. The van der Waals surface area contributed by atoms with Gasteiger partial charge in [-0.1, -0.05) is 5.16 Å². The molecule has 0 bridgehead atoms. The first-order valence-corrected chi connectivity index (χ1v) is 6.01.